The first-order chi connectivity index (χ1) is 52.1. The van der Waals surface area contributed by atoms with Gasteiger partial charge >= 0.3 is 0 Å². The predicted molar refractivity (Wildman–Crippen MR) is 521 cm³/mol. The van der Waals surface area contributed by atoms with Gasteiger partial charge in [0.15, 0.2) is 0 Å². The van der Waals surface area contributed by atoms with E-state index in [0.717, 1.165) is 38.5 Å². The van der Waals surface area contributed by atoms with Crippen molar-refractivity contribution in [3.8, 4) is 66.8 Å². The zero-order valence-corrected chi connectivity index (χ0v) is 71.3. The van der Waals surface area contributed by atoms with Crippen molar-refractivity contribution < 1.29 is 0 Å². The van der Waals surface area contributed by atoms with Crippen molar-refractivity contribution in [1.82, 2.24) is 0 Å². The van der Waals surface area contributed by atoms with Gasteiger partial charge in [-0.25, -0.2) is 0 Å². The summed E-state index contributed by atoms with van der Waals surface area (Å²) >= 11 is 0. The van der Waals surface area contributed by atoms with Gasteiger partial charge in [-0.2, -0.15) is 0 Å². The lowest BCUT2D eigenvalue weighted by atomic mass is 9.97. The van der Waals surface area contributed by atoms with Gasteiger partial charge in [-0.15, -0.1) is 0 Å². The first-order valence-corrected chi connectivity index (χ1v) is 41.1. The first-order valence-electron chi connectivity index (χ1n) is 41.1. The van der Waals surface area contributed by atoms with E-state index in [4.69, 9.17) is 0 Å². The highest BCUT2D eigenvalue weighted by Crippen LogP contribution is 2.44. The molecule has 0 fully saturated rings. The molecule has 0 saturated carbocycles. The van der Waals surface area contributed by atoms with E-state index in [0.29, 0.717) is 0 Å². The number of rotatable bonds is 0. The zero-order chi connectivity index (χ0) is 78.7. The van der Waals surface area contributed by atoms with E-state index in [1.807, 2.05) is 0 Å². The summed E-state index contributed by atoms with van der Waals surface area (Å²) in [7, 11) is 0. The first kappa shape index (κ1) is 103. The minimum atomic E-state index is 0. The summed E-state index contributed by atoms with van der Waals surface area (Å²) in [6.07, 6.45) is 14.1. The van der Waals surface area contributed by atoms with E-state index in [9.17, 15) is 0 Å². The average molecular weight is 1530 g/mol. The Labute approximate surface area is 701 Å². The maximum absolute atomic E-state index is 2.34. The van der Waals surface area contributed by atoms with Crippen LogP contribution in [0.3, 0.4) is 0 Å². The third kappa shape index (κ3) is 25.3. The summed E-state index contributed by atoms with van der Waals surface area (Å²) in [5, 5.41) is 0. The molecule has 6 aliphatic rings. The van der Waals surface area contributed by atoms with Crippen molar-refractivity contribution in [2.75, 3.05) is 0 Å². The molecule has 12 aromatic rings. The fourth-order valence-corrected chi connectivity index (χ4v) is 14.8. The largest absolute Gasteiger partial charge is 0.0776 e. The summed E-state index contributed by atoms with van der Waals surface area (Å²) < 4.78 is 0. The number of benzene rings is 12. The van der Waals surface area contributed by atoms with Gasteiger partial charge in [0, 0.05) is 0 Å². The monoisotopic (exact) mass is 1530 g/mol. The third-order valence-electron chi connectivity index (χ3n) is 20.9. The lowest BCUT2D eigenvalue weighted by Gasteiger charge is -2.08. The molecule has 6 aliphatic carbocycles. The SMILES string of the molecule is C.C.C.C.C.C.CCC.CCC.CCC.CCC.CCC.CCC.Cc1cc2c(cc1C)-c1ccccc1C2.Cc1cc2c(cc1C)-c1ccccc1C2.Cc1ccc2c(c1C)-c1ccccc1C2.Cc1ccc2c(c1C)-c1ccccc1C2.Cc1ccc2c(c1C)Cc1ccccc1-2.Cc1ccc2c(c1C)Cc1ccccc1-2. The molecule has 12 aromatic carbocycles. The van der Waals surface area contributed by atoms with E-state index in [1.54, 1.807) is 0 Å². The highest BCUT2D eigenvalue weighted by molar-refractivity contribution is 5.84. The van der Waals surface area contributed by atoms with Crippen LogP contribution in [0.1, 0.15) is 300 Å². The van der Waals surface area contributed by atoms with Crippen LogP contribution in [0.5, 0.6) is 0 Å². The van der Waals surface area contributed by atoms with E-state index >= 15 is 0 Å². The van der Waals surface area contributed by atoms with Crippen LogP contribution >= 0.6 is 0 Å². The molecule has 612 valence electrons. The summed E-state index contributed by atoms with van der Waals surface area (Å²) in [6, 6.07) is 79.8. The molecule has 0 N–H and O–H groups in total. The van der Waals surface area contributed by atoms with Gasteiger partial charge in [-0.05, 0) is 322 Å². The minimum absolute atomic E-state index is 0. The van der Waals surface area contributed by atoms with Crippen molar-refractivity contribution >= 4 is 0 Å². The van der Waals surface area contributed by atoms with Crippen LogP contribution in [-0.4, -0.2) is 0 Å². The van der Waals surface area contributed by atoms with Crippen LogP contribution in [0.25, 0.3) is 66.8 Å². The van der Waals surface area contributed by atoms with Gasteiger partial charge in [0.1, 0.15) is 0 Å². The molecular weight excluding hydrogens is 1370 g/mol. The fourth-order valence-electron chi connectivity index (χ4n) is 14.8. The molecule has 0 heteroatoms. The van der Waals surface area contributed by atoms with Crippen molar-refractivity contribution in [3.63, 3.8) is 0 Å². The lowest BCUT2D eigenvalue weighted by Crippen LogP contribution is -1.89. The molecule has 0 amide bonds. The Balaban J connectivity index is 0.000000649. The van der Waals surface area contributed by atoms with Gasteiger partial charge in [-0.1, -0.05) is 385 Å². The van der Waals surface area contributed by atoms with Crippen molar-refractivity contribution in [3.05, 3.63) is 352 Å². The van der Waals surface area contributed by atoms with Gasteiger partial charge in [0.25, 0.3) is 0 Å². The lowest BCUT2D eigenvalue weighted by molar-refractivity contribution is 1.09. The number of aryl methyl sites for hydroxylation is 8. The van der Waals surface area contributed by atoms with Crippen LogP contribution in [0.15, 0.2) is 218 Å². The molecule has 0 atom stereocenters. The Morgan fingerprint density at radius 3 is 0.649 bits per heavy atom. The van der Waals surface area contributed by atoms with Crippen molar-refractivity contribution in [1.29, 1.82) is 0 Å². The number of fused-ring (bicyclic) bond motifs is 18. The van der Waals surface area contributed by atoms with E-state index < -0.39 is 0 Å². The molecule has 0 heterocycles. The Hall–Kier alpha value is -9.36. The third-order valence-corrected chi connectivity index (χ3v) is 20.9. The second-order valence-electron chi connectivity index (χ2n) is 30.6. The fraction of sp³-hybridized carbons (Fsp3) is 0.368. The Morgan fingerprint density at radius 2 is 0.368 bits per heavy atom. The predicted octanol–water partition coefficient (Wildman–Crippen LogP) is 35.6. The summed E-state index contributed by atoms with van der Waals surface area (Å²) in [4.78, 5) is 0. The Bertz CT molecular complexity index is 4560. The van der Waals surface area contributed by atoms with E-state index in [1.165, 1.54) is 239 Å². The van der Waals surface area contributed by atoms with E-state index in [-0.39, 0.29) is 44.6 Å². The van der Waals surface area contributed by atoms with Crippen LogP contribution in [0.4, 0.5) is 0 Å². The maximum atomic E-state index is 2.34. The molecular formula is C114H156. The van der Waals surface area contributed by atoms with E-state index in [2.05, 4.69) is 385 Å². The summed E-state index contributed by atoms with van der Waals surface area (Å²) in [5.41, 5.74) is 52.1. The van der Waals surface area contributed by atoms with Crippen molar-refractivity contribution in [2.45, 2.75) is 288 Å². The maximum Gasteiger partial charge on any atom is -0.00107 e. The molecule has 0 nitrogen and oxygen atoms in total. The number of hydrogen-bond acceptors (Lipinski definition) is 0. The standard InChI is InChI=1S/6C15H14.6C3H8.6CH4/c2*1-10-7-13-9-12-5-3-4-6-14(12)15(13)8-11(10)2;2*1-10-7-8-13-9-12-5-3-4-6-14(12)15(13)11(10)2;2*1-10-7-8-14-13-6-4-3-5-12(13)9-15(14)11(10)2;6*1-3-2;;;;;;/h6*3-8H,9H2,1-2H3;6*3H2,1-2H3;6*1H4. The average Bonchev–Trinajstić information content (AvgIpc) is 1.66. The molecule has 0 unspecified atom stereocenters. The van der Waals surface area contributed by atoms with Gasteiger partial charge in [0.05, 0.1) is 0 Å². The Kier molecular flexibility index (Phi) is 45.7. The molecule has 0 bridgehead atoms. The molecule has 0 aromatic heterocycles. The highest BCUT2D eigenvalue weighted by atomic mass is 14.3. The number of hydrogen-bond donors (Lipinski definition) is 0. The molecule has 0 spiro atoms. The van der Waals surface area contributed by atoms with Gasteiger partial charge in [0.2, 0.25) is 0 Å². The second-order valence-corrected chi connectivity index (χ2v) is 30.6. The highest BCUT2D eigenvalue weighted by Gasteiger charge is 2.25. The molecule has 0 aliphatic heterocycles. The topological polar surface area (TPSA) is 0 Å². The normalized spacial score (nSPS) is 10.7. The van der Waals surface area contributed by atoms with Gasteiger partial charge < -0.3 is 0 Å². The minimum Gasteiger partial charge on any atom is -0.0776 e. The molecule has 0 radical (unpaired) electrons. The summed E-state index contributed by atoms with van der Waals surface area (Å²) in [6.45, 7) is 52.0. The van der Waals surface area contributed by atoms with Crippen LogP contribution in [0.2, 0.25) is 0 Å². The summed E-state index contributed by atoms with van der Waals surface area (Å²) in [5.74, 6) is 0. The molecule has 0 saturated heterocycles. The Morgan fingerprint density at radius 1 is 0.167 bits per heavy atom. The van der Waals surface area contributed by atoms with Crippen LogP contribution in [0, 0.1) is 83.1 Å². The molecule has 114 heavy (non-hydrogen) atoms. The van der Waals surface area contributed by atoms with Gasteiger partial charge in [-0.3, -0.25) is 0 Å². The molecule has 18 rings (SSSR count). The van der Waals surface area contributed by atoms with Crippen LogP contribution < -0.4 is 0 Å². The van der Waals surface area contributed by atoms with Crippen molar-refractivity contribution in [2.24, 2.45) is 0 Å². The smallest absolute Gasteiger partial charge is 0.00107 e. The zero-order valence-electron chi connectivity index (χ0n) is 71.3. The second kappa shape index (κ2) is 50.8. The quantitative estimate of drug-likeness (QED) is 0.142. The van der Waals surface area contributed by atoms with Crippen LogP contribution in [-0.2, 0) is 38.5 Å².